The van der Waals surface area contributed by atoms with E-state index in [2.05, 4.69) is 15.3 Å². The molecule has 0 amide bonds. The molecule has 47 heavy (non-hydrogen) atoms. The molecule has 0 aliphatic heterocycles. The molecule has 0 atom stereocenters. The molecule has 1 aromatic heterocycles. The first-order valence-corrected chi connectivity index (χ1v) is 17.3. The van der Waals surface area contributed by atoms with Gasteiger partial charge in [-0.3, -0.25) is 0 Å². The minimum Gasteiger partial charge on any atom is -0.748 e. The molecule has 0 saturated heterocycles. The zero-order chi connectivity index (χ0) is 33.1. The molecule has 0 N–H and O–H groups in total. The van der Waals surface area contributed by atoms with Crippen LogP contribution in [0.5, 0.6) is 0 Å². The molecule has 3 aromatic carbocycles. The molecule has 0 bridgehead atoms. The maximum absolute atomic E-state index is 11.6. The monoisotopic (exact) mass is 806 g/mol. The van der Waals surface area contributed by atoms with Crippen LogP contribution in [-0.2, 0) is 20.2 Å². The van der Waals surface area contributed by atoms with Gasteiger partial charge in [0.05, 0.1) is 35.1 Å². The van der Waals surface area contributed by atoms with Gasteiger partial charge in [0.1, 0.15) is 38.8 Å². The third-order valence-electron chi connectivity index (χ3n) is 6.35. The van der Waals surface area contributed by atoms with Gasteiger partial charge in [-0.15, -0.1) is 10.2 Å². The van der Waals surface area contributed by atoms with Crippen molar-refractivity contribution in [3.05, 3.63) is 80.3 Å². The Bertz CT molecular complexity index is 2050. The van der Waals surface area contributed by atoms with Crippen molar-refractivity contribution in [1.29, 1.82) is 5.26 Å². The summed E-state index contributed by atoms with van der Waals surface area (Å²) < 4.78 is 68.8. The number of anilines is 1. The van der Waals surface area contributed by atoms with Gasteiger partial charge < -0.3 is 14.0 Å². The van der Waals surface area contributed by atoms with E-state index in [9.17, 15) is 31.2 Å². The standard InChI is InChI=1S/C27H22Cl4N6O6S2.2K/c1-2-36(10-5-11-44(38,39)40)16-8-9-24(21(29)12-16)33-34-27-19(15-32)25(18-6-3-4-7-20(18)28)35-37(27)26-22(30)13-17(14-23(26)31)45(41,42)43;;/h3-4,6-9,12-14H,2,5,10-11H2,1H3,(H,38,39,40)(H,41,42,43);;/q;2*+1/p-2. The summed E-state index contributed by atoms with van der Waals surface area (Å²) in [5.41, 5.74) is 1.10. The van der Waals surface area contributed by atoms with Crippen LogP contribution < -0.4 is 108 Å². The third-order valence-corrected chi connectivity index (χ3v) is 9.16. The summed E-state index contributed by atoms with van der Waals surface area (Å²) in [6, 6.07) is 15.2. The maximum Gasteiger partial charge on any atom is 1.00 e. The molecule has 0 fully saturated rings. The predicted molar refractivity (Wildman–Crippen MR) is 169 cm³/mol. The van der Waals surface area contributed by atoms with Crippen LogP contribution in [0.4, 0.5) is 17.2 Å². The van der Waals surface area contributed by atoms with Gasteiger partial charge in [0.2, 0.25) is 0 Å². The summed E-state index contributed by atoms with van der Waals surface area (Å²) >= 11 is 25.7. The molecule has 236 valence electrons. The van der Waals surface area contributed by atoms with E-state index in [1.165, 1.54) is 0 Å². The number of halogens is 4. The van der Waals surface area contributed by atoms with Gasteiger partial charge in [-0.2, -0.15) is 10.4 Å². The first-order chi connectivity index (χ1) is 21.1. The smallest absolute Gasteiger partial charge is 0.748 e. The van der Waals surface area contributed by atoms with E-state index in [0.717, 1.165) is 16.8 Å². The van der Waals surface area contributed by atoms with E-state index in [4.69, 9.17) is 46.4 Å². The number of nitrogens with zero attached hydrogens (tertiary/aromatic N) is 6. The Labute approximate surface area is 376 Å². The van der Waals surface area contributed by atoms with Crippen molar-refractivity contribution in [1.82, 2.24) is 9.78 Å². The summed E-state index contributed by atoms with van der Waals surface area (Å²) in [7, 11) is -9.25. The number of aromatic nitrogens is 2. The summed E-state index contributed by atoms with van der Waals surface area (Å²) in [5.74, 6) is -0.666. The summed E-state index contributed by atoms with van der Waals surface area (Å²) in [4.78, 5) is 1.15. The first-order valence-electron chi connectivity index (χ1n) is 12.8. The SMILES string of the molecule is CCN(CCCS(=O)(=O)[O-])c1ccc(N=Nc2c(C#N)c(-c3ccccc3Cl)nn2-c2c(Cl)cc(S(=O)(=O)[O-])cc2Cl)c(Cl)c1.[K+].[K+]. The molecular weight excluding hydrogens is 788 g/mol. The second-order valence-electron chi connectivity index (χ2n) is 9.27. The van der Waals surface area contributed by atoms with Crippen LogP contribution >= 0.6 is 46.4 Å². The van der Waals surface area contributed by atoms with Gasteiger partial charge in [-0.25, -0.2) is 21.5 Å². The van der Waals surface area contributed by atoms with E-state index in [1.54, 1.807) is 42.5 Å². The van der Waals surface area contributed by atoms with Crippen molar-refractivity contribution >= 4 is 83.8 Å². The predicted octanol–water partition coefficient (Wildman–Crippen LogP) is 1.11. The van der Waals surface area contributed by atoms with E-state index < -0.39 is 30.9 Å². The van der Waals surface area contributed by atoms with Crippen LogP contribution in [0.1, 0.15) is 18.9 Å². The van der Waals surface area contributed by atoms with Crippen LogP contribution in [0.25, 0.3) is 16.9 Å². The molecule has 4 rings (SSSR count). The number of hydrogen-bond donors (Lipinski definition) is 0. The second-order valence-corrected chi connectivity index (χ2v) is 13.8. The topological polar surface area (TPSA) is 184 Å². The largest absolute Gasteiger partial charge is 1.00 e. The Hall–Kier alpha value is 0.0127. The van der Waals surface area contributed by atoms with Gasteiger partial charge in [0.25, 0.3) is 0 Å². The van der Waals surface area contributed by atoms with Gasteiger partial charge in [0, 0.05) is 30.1 Å². The Morgan fingerprint density at radius 2 is 1.55 bits per heavy atom. The summed E-state index contributed by atoms with van der Waals surface area (Å²) in [6.07, 6.45) is 0.125. The van der Waals surface area contributed by atoms with Gasteiger partial charge in [-0.1, -0.05) is 64.6 Å². The van der Waals surface area contributed by atoms with E-state index >= 15 is 0 Å². The third kappa shape index (κ3) is 11.0. The quantitative estimate of drug-likeness (QED) is 0.122. The fourth-order valence-electron chi connectivity index (χ4n) is 4.27. The van der Waals surface area contributed by atoms with Crippen LogP contribution in [-0.4, -0.2) is 54.6 Å². The normalized spacial score (nSPS) is 11.5. The van der Waals surface area contributed by atoms with Crippen LogP contribution in [0.3, 0.4) is 0 Å². The minimum absolute atomic E-state index is 0. The second kappa shape index (κ2) is 18.5. The van der Waals surface area contributed by atoms with Gasteiger partial charge >= 0.3 is 103 Å². The van der Waals surface area contributed by atoms with Gasteiger partial charge in [-0.05, 0) is 49.7 Å². The Morgan fingerprint density at radius 3 is 2.09 bits per heavy atom. The van der Waals surface area contributed by atoms with Crippen molar-refractivity contribution in [2.45, 2.75) is 18.2 Å². The average Bonchev–Trinajstić information content (AvgIpc) is 3.31. The summed E-state index contributed by atoms with van der Waals surface area (Å²) in [6.45, 7) is 2.64. The van der Waals surface area contributed by atoms with Crippen LogP contribution in [0.2, 0.25) is 20.1 Å². The Kier molecular flexibility index (Phi) is 17.0. The molecular formula is C27H20Cl4K2N6O6S2. The summed E-state index contributed by atoms with van der Waals surface area (Å²) in [5, 5.41) is 23.0. The Morgan fingerprint density at radius 1 is 0.915 bits per heavy atom. The van der Waals surface area contributed by atoms with E-state index in [0.29, 0.717) is 24.3 Å². The first kappa shape index (κ1) is 43.2. The van der Waals surface area contributed by atoms with Crippen molar-refractivity contribution in [3.8, 4) is 23.0 Å². The molecule has 4 aromatic rings. The zero-order valence-electron chi connectivity index (χ0n) is 25.0. The molecule has 12 nitrogen and oxygen atoms in total. The van der Waals surface area contributed by atoms with Crippen molar-refractivity contribution < 1.29 is 129 Å². The number of hydrogen-bond acceptors (Lipinski definition) is 11. The number of azo groups is 1. The van der Waals surface area contributed by atoms with Crippen molar-refractivity contribution in [2.75, 3.05) is 23.7 Å². The molecule has 0 aliphatic carbocycles. The van der Waals surface area contributed by atoms with Crippen molar-refractivity contribution in [3.63, 3.8) is 0 Å². The average molecular weight is 809 g/mol. The van der Waals surface area contributed by atoms with Crippen LogP contribution in [0, 0.1) is 11.3 Å². The van der Waals surface area contributed by atoms with Gasteiger partial charge in [0.15, 0.2) is 5.82 Å². The van der Waals surface area contributed by atoms with Crippen LogP contribution in [0.15, 0.2) is 69.7 Å². The van der Waals surface area contributed by atoms with E-state index in [-0.39, 0.29) is 158 Å². The molecule has 20 heteroatoms. The fourth-order valence-corrected chi connectivity index (χ4v) is 6.49. The molecule has 0 spiro atoms. The molecule has 0 radical (unpaired) electrons. The molecule has 0 aliphatic rings. The molecule has 0 saturated carbocycles. The minimum atomic E-state index is -4.91. The number of nitriles is 1. The Balaban J connectivity index is 0.00000384. The number of rotatable bonds is 11. The fraction of sp³-hybridized carbons (Fsp3) is 0.185. The molecule has 1 heterocycles. The van der Waals surface area contributed by atoms with E-state index in [1.807, 2.05) is 17.9 Å². The zero-order valence-corrected chi connectivity index (χ0v) is 35.9. The van der Waals surface area contributed by atoms with Crippen molar-refractivity contribution in [2.24, 2.45) is 10.2 Å². The number of benzene rings is 3. The maximum atomic E-state index is 11.6. The molecule has 0 unspecified atom stereocenters.